The lowest BCUT2D eigenvalue weighted by Gasteiger charge is -2.10. The van der Waals surface area contributed by atoms with Crippen molar-refractivity contribution in [1.82, 2.24) is 0 Å². The van der Waals surface area contributed by atoms with Gasteiger partial charge in [0.25, 0.3) is 0 Å². The molecular formula is C14H10ClFO3. The molecule has 98 valence electrons. The first-order chi connectivity index (χ1) is 8.99. The van der Waals surface area contributed by atoms with E-state index in [1.54, 1.807) is 13.0 Å². The Bertz CT molecular complexity index is 641. The molecule has 19 heavy (non-hydrogen) atoms. The van der Waals surface area contributed by atoms with Gasteiger partial charge in [0.1, 0.15) is 11.3 Å². The molecule has 0 amide bonds. The second-order valence-electron chi connectivity index (χ2n) is 3.96. The van der Waals surface area contributed by atoms with E-state index in [0.29, 0.717) is 0 Å². The third-order valence-corrected chi connectivity index (χ3v) is 2.79. The molecule has 0 saturated heterocycles. The Balaban J connectivity index is 2.44. The second kappa shape index (κ2) is 5.28. The highest BCUT2D eigenvalue weighted by Crippen LogP contribution is 2.31. The van der Waals surface area contributed by atoms with Gasteiger partial charge in [-0.25, -0.2) is 9.18 Å². The standard InChI is InChI=1S/C14H10ClFO3/c1-8-5-6-11(9(7-8)14(17)18)19-12-4-2-3-10(15)13(12)16/h2-7H,1H3,(H,17,18). The molecule has 0 aromatic heterocycles. The van der Waals surface area contributed by atoms with Crippen LogP contribution in [0.15, 0.2) is 36.4 Å². The van der Waals surface area contributed by atoms with E-state index < -0.39 is 11.8 Å². The highest BCUT2D eigenvalue weighted by atomic mass is 35.5. The predicted octanol–water partition coefficient (Wildman–Crippen LogP) is 4.28. The number of carboxylic acids is 1. The van der Waals surface area contributed by atoms with E-state index in [0.717, 1.165) is 5.56 Å². The number of aryl methyl sites for hydroxylation is 1. The van der Waals surface area contributed by atoms with Gasteiger partial charge in [0, 0.05) is 0 Å². The zero-order valence-corrected chi connectivity index (χ0v) is 10.7. The molecule has 0 atom stereocenters. The Kier molecular flexibility index (Phi) is 3.71. The molecular weight excluding hydrogens is 271 g/mol. The highest BCUT2D eigenvalue weighted by Gasteiger charge is 2.15. The Labute approximate surface area is 114 Å². The molecule has 0 heterocycles. The van der Waals surface area contributed by atoms with Gasteiger partial charge < -0.3 is 9.84 Å². The van der Waals surface area contributed by atoms with Crippen molar-refractivity contribution in [1.29, 1.82) is 0 Å². The number of aromatic carboxylic acids is 1. The summed E-state index contributed by atoms with van der Waals surface area (Å²) < 4.78 is 19.0. The number of halogens is 2. The maximum absolute atomic E-state index is 13.7. The molecule has 0 aliphatic carbocycles. The van der Waals surface area contributed by atoms with E-state index in [1.165, 1.54) is 30.3 Å². The van der Waals surface area contributed by atoms with E-state index in [-0.39, 0.29) is 22.1 Å². The largest absolute Gasteiger partial charge is 0.478 e. The number of rotatable bonds is 3. The molecule has 0 spiro atoms. The summed E-state index contributed by atoms with van der Waals surface area (Å²) in [5.74, 6) is -1.90. The van der Waals surface area contributed by atoms with Crippen molar-refractivity contribution >= 4 is 17.6 Å². The van der Waals surface area contributed by atoms with Crippen LogP contribution in [-0.4, -0.2) is 11.1 Å². The van der Waals surface area contributed by atoms with Crippen LogP contribution in [-0.2, 0) is 0 Å². The van der Waals surface area contributed by atoms with Crippen LogP contribution >= 0.6 is 11.6 Å². The monoisotopic (exact) mass is 280 g/mol. The van der Waals surface area contributed by atoms with Crippen molar-refractivity contribution in [3.8, 4) is 11.5 Å². The fraction of sp³-hybridized carbons (Fsp3) is 0.0714. The number of benzene rings is 2. The van der Waals surface area contributed by atoms with E-state index in [2.05, 4.69) is 0 Å². The summed E-state index contributed by atoms with van der Waals surface area (Å²) in [4.78, 5) is 11.1. The Morgan fingerprint density at radius 3 is 2.68 bits per heavy atom. The zero-order chi connectivity index (χ0) is 14.0. The molecule has 0 aliphatic rings. The number of carbonyl (C=O) groups is 1. The summed E-state index contributed by atoms with van der Waals surface area (Å²) in [5, 5.41) is 9.01. The fourth-order valence-electron chi connectivity index (χ4n) is 1.58. The molecule has 0 radical (unpaired) electrons. The van der Waals surface area contributed by atoms with Gasteiger partial charge in [0.15, 0.2) is 11.6 Å². The number of hydrogen-bond donors (Lipinski definition) is 1. The third-order valence-electron chi connectivity index (χ3n) is 2.50. The summed E-state index contributed by atoms with van der Waals surface area (Å²) in [6, 6.07) is 8.92. The summed E-state index contributed by atoms with van der Waals surface area (Å²) in [6.07, 6.45) is 0. The van der Waals surface area contributed by atoms with Crippen molar-refractivity contribution < 1.29 is 19.0 Å². The summed E-state index contributed by atoms with van der Waals surface area (Å²) in [6.45, 7) is 1.76. The number of ether oxygens (including phenoxy) is 1. The van der Waals surface area contributed by atoms with Crippen molar-refractivity contribution in [2.24, 2.45) is 0 Å². The van der Waals surface area contributed by atoms with Crippen LogP contribution in [0.25, 0.3) is 0 Å². The van der Waals surface area contributed by atoms with Gasteiger partial charge >= 0.3 is 5.97 Å². The van der Waals surface area contributed by atoms with Crippen LogP contribution in [0.3, 0.4) is 0 Å². The zero-order valence-electron chi connectivity index (χ0n) is 9.98. The Morgan fingerprint density at radius 2 is 2.00 bits per heavy atom. The SMILES string of the molecule is Cc1ccc(Oc2cccc(Cl)c2F)c(C(=O)O)c1. The average molecular weight is 281 g/mol. The van der Waals surface area contributed by atoms with E-state index in [4.69, 9.17) is 21.4 Å². The first kappa shape index (κ1) is 13.4. The van der Waals surface area contributed by atoms with Crippen molar-refractivity contribution in [2.45, 2.75) is 6.92 Å². The normalized spacial score (nSPS) is 10.3. The summed E-state index contributed by atoms with van der Waals surface area (Å²) in [7, 11) is 0. The molecule has 3 nitrogen and oxygen atoms in total. The second-order valence-corrected chi connectivity index (χ2v) is 4.37. The predicted molar refractivity (Wildman–Crippen MR) is 69.6 cm³/mol. The van der Waals surface area contributed by atoms with Gasteiger partial charge in [-0.1, -0.05) is 29.3 Å². The lowest BCUT2D eigenvalue weighted by molar-refractivity contribution is 0.0694. The van der Waals surface area contributed by atoms with Gasteiger partial charge in [0.05, 0.1) is 5.02 Å². The molecule has 0 aliphatic heterocycles. The van der Waals surface area contributed by atoms with Gasteiger partial charge in [-0.05, 0) is 31.2 Å². The lowest BCUT2D eigenvalue weighted by atomic mass is 10.1. The summed E-state index contributed by atoms with van der Waals surface area (Å²) in [5.41, 5.74) is 0.746. The van der Waals surface area contributed by atoms with Gasteiger partial charge in [0.2, 0.25) is 0 Å². The number of hydrogen-bond acceptors (Lipinski definition) is 2. The van der Waals surface area contributed by atoms with Gasteiger partial charge in [-0.15, -0.1) is 0 Å². The van der Waals surface area contributed by atoms with E-state index in [9.17, 15) is 9.18 Å². The molecule has 0 unspecified atom stereocenters. The van der Waals surface area contributed by atoms with Crippen LogP contribution < -0.4 is 4.74 Å². The van der Waals surface area contributed by atoms with Crippen LogP contribution in [0.1, 0.15) is 15.9 Å². The fourth-order valence-corrected chi connectivity index (χ4v) is 1.75. The topological polar surface area (TPSA) is 46.5 Å². The molecule has 0 bridgehead atoms. The Hall–Kier alpha value is -2.07. The van der Waals surface area contributed by atoms with Crippen LogP contribution in [0.2, 0.25) is 5.02 Å². The molecule has 0 saturated carbocycles. The van der Waals surface area contributed by atoms with Crippen LogP contribution in [0.4, 0.5) is 4.39 Å². The first-order valence-corrected chi connectivity index (χ1v) is 5.82. The minimum absolute atomic E-state index is 0.0284. The molecule has 5 heteroatoms. The lowest BCUT2D eigenvalue weighted by Crippen LogP contribution is -2.01. The van der Waals surface area contributed by atoms with Crippen molar-refractivity contribution in [3.63, 3.8) is 0 Å². The van der Waals surface area contributed by atoms with Crippen LogP contribution in [0.5, 0.6) is 11.5 Å². The Morgan fingerprint density at radius 1 is 1.26 bits per heavy atom. The molecule has 0 fully saturated rings. The number of carboxylic acid groups (broad SMARTS) is 1. The average Bonchev–Trinajstić information content (AvgIpc) is 2.36. The van der Waals surface area contributed by atoms with Gasteiger partial charge in [-0.3, -0.25) is 0 Å². The smallest absolute Gasteiger partial charge is 0.339 e. The summed E-state index contributed by atoms with van der Waals surface area (Å²) >= 11 is 5.64. The van der Waals surface area contributed by atoms with E-state index >= 15 is 0 Å². The first-order valence-electron chi connectivity index (χ1n) is 5.45. The molecule has 2 rings (SSSR count). The molecule has 1 N–H and O–H groups in total. The maximum Gasteiger partial charge on any atom is 0.339 e. The van der Waals surface area contributed by atoms with Crippen molar-refractivity contribution in [2.75, 3.05) is 0 Å². The van der Waals surface area contributed by atoms with E-state index in [1.807, 2.05) is 0 Å². The quantitative estimate of drug-likeness (QED) is 0.913. The minimum atomic E-state index is -1.14. The highest BCUT2D eigenvalue weighted by molar-refractivity contribution is 6.30. The maximum atomic E-state index is 13.7. The van der Waals surface area contributed by atoms with Gasteiger partial charge in [-0.2, -0.15) is 0 Å². The molecule has 2 aromatic carbocycles. The van der Waals surface area contributed by atoms with Crippen LogP contribution in [0, 0.1) is 12.7 Å². The minimum Gasteiger partial charge on any atom is -0.478 e. The molecule has 2 aromatic rings. The van der Waals surface area contributed by atoms with Crippen molar-refractivity contribution in [3.05, 3.63) is 58.4 Å². The third kappa shape index (κ3) is 2.85.